The van der Waals surface area contributed by atoms with Gasteiger partial charge in [0.05, 0.1) is 0 Å². The minimum Gasteiger partial charge on any atom is -0.776 e. The summed E-state index contributed by atoms with van der Waals surface area (Å²) in [6.45, 7) is 0. The topological polar surface area (TPSA) is 127 Å². The maximum atomic E-state index is 10.8. The predicted molar refractivity (Wildman–Crippen MR) is 47.0 cm³/mol. The molecule has 0 aromatic rings. The maximum absolute atomic E-state index is 10.8. The summed E-state index contributed by atoms with van der Waals surface area (Å²) in [5, 5.41) is 8.64. The smallest absolute Gasteiger partial charge is 0.776 e. The number of aliphatic hydroxyl groups is 1. The van der Waals surface area contributed by atoms with Gasteiger partial charge in [-0.05, 0) is 0 Å². The van der Waals surface area contributed by atoms with Crippen molar-refractivity contribution in [1.29, 1.82) is 0 Å². The summed E-state index contributed by atoms with van der Waals surface area (Å²) in [4.78, 5) is 27.4. The maximum Gasteiger partial charge on any atom is 1.00 e. The fourth-order valence-electron chi connectivity index (χ4n) is 0.376. The van der Waals surface area contributed by atoms with Crippen LogP contribution in [0.1, 0.15) is 0 Å². The van der Waals surface area contributed by atoms with Crippen molar-refractivity contribution in [2.75, 3.05) is 0 Å². The predicted octanol–water partition coefficient (Wildman–Crippen LogP) is -2.66. The van der Waals surface area contributed by atoms with Gasteiger partial charge in [-0.15, -0.1) is 0 Å². The van der Waals surface area contributed by atoms with E-state index in [1.165, 1.54) is 0 Å². The molecular formula is C2H4Cl3NaO7P2. The number of halogens is 3. The van der Waals surface area contributed by atoms with Crippen molar-refractivity contribution in [2.45, 2.75) is 9.56 Å². The van der Waals surface area contributed by atoms with Crippen molar-refractivity contribution in [3.05, 3.63) is 0 Å². The molecule has 2 atom stereocenters. The molecule has 0 saturated carbocycles. The molecule has 0 fully saturated rings. The van der Waals surface area contributed by atoms with Crippen molar-refractivity contribution in [2.24, 2.45) is 0 Å². The van der Waals surface area contributed by atoms with Gasteiger partial charge in [-0.1, -0.05) is 34.8 Å². The number of hydrogen-bond acceptors (Lipinski definition) is 5. The van der Waals surface area contributed by atoms with Crippen molar-refractivity contribution < 1.29 is 63.0 Å². The molecule has 0 aliphatic heterocycles. The van der Waals surface area contributed by atoms with E-state index in [4.69, 9.17) is 49.7 Å². The Kier molecular flexibility index (Phi) is 8.23. The summed E-state index contributed by atoms with van der Waals surface area (Å²) in [5.74, 6) is 0. The van der Waals surface area contributed by atoms with E-state index in [2.05, 4.69) is 4.52 Å². The van der Waals surface area contributed by atoms with Gasteiger partial charge in [0, 0.05) is 0 Å². The molecule has 0 radical (unpaired) electrons. The van der Waals surface area contributed by atoms with Crippen molar-refractivity contribution in [3.8, 4) is 0 Å². The van der Waals surface area contributed by atoms with Crippen LogP contribution in [-0.4, -0.2) is 24.5 Å². The largest absolute Gasteiger partial charge is 1.00 e. The average Bonchev–Trinajstić information content (AvgIpc) is 1.78. The molecule has 13 heteroatoms. The number of rotatable bonds is 3. The Hall–Kier alpha value is 2.13. The second kappa shape index (κ2) is 6.34. The second-order valence-corrected chi connectivity index (χ2v) is 8.02. The third kappa shape index (κ3) is 7.95. The summed E-state index contributed by atoms with van der Waals surface area (Å²) in [7, 11) is -10.7. The first-order chi connectivity index (χ1) is 5.86. The number of hydrogen-bond donors (Lipinski definition) is 3. The number of aliphatic hydroxyl groups excluding tert-OH is 1. The molecule has 0 aliphatic rings. The van der Waals surface area contributed by atoms with Crippen LogP contribution >= 0.6 is 50.0 Å². The zero-order valence-electron chi connectivity index (χ0n) is 7.08. The van der Waals surface area contributed by atoms with Crippen LogP contribution in [0.15, 0.2) is 0 Å². The van der Waals surface area contributed by atoms with Crippen LogP contribution in [0.3, 0.4) is 0 Å². The summed E-state index contributed by atoms with van der Waals surface area (Å²) in [5.41, 5.74) is -3.06. The van der Waals surface area contributed by atoms with Gasteiger partial charge in [-0.25, -0.2) is 0 Å². The molecule has 0 aromatic carbocycles. The van der Waals surface area contributed by atoms with Crippen LogP contribution in [0.25, 0.3) is 0 Å². The van der Waals surface area contributed by atoms with Crippen LogP contribution in [0.5, 0.6) is 0 Å². The standard InChI is InChI=1S/C2H5Cl3O7P2.Na/c3-2(4,5)12-14(10,11)1(6)13(7,8)9;/h1,6H,(H,10,11)(H2,7,8,9);/q;+1/p-1. The average molecular weight is 331 g/mol. The summed E-state index contributed by atoms with van der Waals surface area (Å²) >= 11 is 14.7. The van der Waals surface area contributed by atoms with Gasteiger partial charge < -0.3 is 24.4 Å². The third-order valence-corrected chi connectivity index (χ3v) is 4.82. The van der Waals surface area contributed by atoms with E-state index in [0.29, 0.717) is 0 Å². The van der Waals surface area contributed by atoms with E-state index in [-0.39, 0.29) is 29.6 Å². The van der Waals surface area contributed by atoms with E-state index in [1.54, 1.807) is 0 Å². The van der Waals surface area contributed by atoms with E-state index in [1.807, 2.05) is 0 Å². The van der Waals surface area contributed by atoms with Crippen LogP contribution in [0, 0.1) is 0 Å². The van der Waals surface area contributed by atoms with Gasteiger partial charge in [0.1, 0.15) is 0 Å². The molecule has 0 bridgehead atoms. The van der Waals surface area contributed by atoms with Crippen molar-refractivity contribution >= 4 is 50.0 Å². The van der Waals surface area contributed by atoms with E-state index < -0.39 is 24.8 Å². The SMILES string of the molecule is O=P(O)(O)C(O)P(=O)([O-])OC(Cl)(Cl)Cl.[Na+]. The van der Waals surface area contributed by atoms with Crippen LogP contribution in [0.2, 0.25) is 0 Å². The first-order valence-corrected chi connectivity index (χ1v) is 7.10. The molecule has 7 nitrogen and oxygen atoms in total. The number of alkyl halides is 3. The minimum absolute atomic E-state index is 0. The Balaban J connectivity index is 0. The molecule has 0 saturated heterocycles. The molecule has 0 rings (SSSR count). The Morgan fingerprint density at radius 3 is 1.80 bits per heavy atom. The molecule has 15 heavy (non-hydrogen) atoms. The van der Waals surface area contributed by atoms with Crippen LogP contribution < -0.4 is 34.5 Å². The Morgan fingerprint density at radius 1 is 1.27 bits per heavy atom. The normalized spacial score (nSPS) is 18.9. The van der Waals surface area contributed by atoms with Crippen LogP contribution in [-0.2, 0) is 13.7 Å². The van der Waals surface area contributed by atoms with Gasteiger partial charge >= 0.3 is 41.1 Å². The molecule has 0 aromatic heterocycles. The molecular weight excluding hydrogens is 327 g/mol. The van der Waals surface area contributed by atoms with Gasteiger partial charge in [-0.3, -0.25) is 9.09 Å². The molecule has 0 spiro atoms. The Bertz CT molecular complexity index is 297. The van der Waals surface area contributed by atoms with Gasteiger partial charge in [0.2, 0.25) is 5.59 Å². The quantitative estimate of drug-likeness (QED) is 0.293. The Labute approximate surface area is 122 Å². The van der Waals surface area contributed by atoms with E-state index in [9.17, 15) is 14.0 Å². The Morgan fingerprint density at radius 2 is 1.60 bits per heavy atom. The zero-order chi connectivity index (χ0) is 11.8. The van der Waals surface area contributed by atoms with Gasteiger partial charge in [-0.2, -0.15) is 0 Å². The van der Waals surface area contributed by atoms with Gasteiger partial charge in [0.15, 0.2) is 7.60 Å². The summed E-state index contributed by atoms with van der Waals surface area (Å²) in [6.07, 6.45) is 0. The van der Waals surface area contributed by atoms with E-state index >= 15 is 0 Å². The fourth-order valence-corrected chi connectivity index (χ4v) is 3.24. The first-order valence-electron chi connectivity index (χ1n) is 2.68. The van der Waals surface area contributed by atoms with Crippen molar-refractivity contribution in [3.63, 3.8) is 0 Å². The third-order valence-electron chi connectivity index (χ3n) is 0.814. The van der Waals surface area contributed by atoms with Crippen LogP contribution in [0.4, 0.5) is 0 Å². The van der Waals surface area contributed by atoms with Gasteiger partial charge in [0.25, 0.3) is 0 Å². The molecule has 0 heterocycles. The first kappa shape index (κ1) is 19.5. The molecule has 2 unspecified atom stereocenters. The van der Waals surface area contributed by atoms with Crippen molar-refractivity contribution in [1.82, 2.24) is 0 Å². The van der Waals surface area contributed by atoms with E-state index in [0.717, 1.165) is 0 Å². The summed E-state index contributed by atoms with van der Waals surface area (Å²) < 4.78 is 22.1. The second-order valence-electron chi connectivity index (χ2n) is 2.01. The zero-order valence-corrected chi connectivity index (χ0v) is 13.1. The molecule has 0 aliphatic carbocycles. The molecule has 3 N–H and O–H groups in total. The molecule has 86 valence electrons. The monoisotopic (exact) mass is 330 g/mol. The fraction of sp³-hybridized carbons (Fsp3) is 1.00. The molecule has 0 amide bonds. The minimum atomic E-state index is -5.38. The summed E-state index contributed by atoms with van der Waals surface area (Å²) in [6, 6.07) is 0.